The molecule has 100 valence electrons. The van der Waals surface area contributed by atoms with Gasteiger partial charge in [-0.3, -0.25) is 4.79 Å². The molecule has 0 saturated heterocycles. The van der Waals surface area contributed by atoms with E-state index in [1.807, 2.05) is 0 Å². The number of hydrogen-bond donors (Lipinski definition) is 2. The third-order valence-electron chi connectivity index (χ3n) is 3.19. The number of ether oxygens (including phenoxy) is 1. The quantitative estimate of drug-likeness (QED) is 0.766. The second kappa shape index (κ2) is 6.97. The maximum Gasteiger partial charge on any atom is 0.248 e. The number of rotatable bonds is 5. The van der Waals surface area contributed by atoms with Crippen molar-refractivity contribution in [3.05, 3.63) is 0 Å². The summed E-state index contributed by atoms with van der Waals surface area (Å²) < 4.78 is 5.76. The molecular formula is C13H26N2O2. The minimum Gasteiger partial charge on any atom is -0.364 e. The van der Waals surface area contributed by atoms with Crippen molar-refractivity contribution in [3.63, 3.8) is 0 Å². The molecule has 4 heteroatoms. The van der Waals surface area contributed by atoms with Crippen LogP contribution in [-0.4, -0.2) is 30.7 Å². The Bertz CT molecular complexity index is 244. The fourth-order valence-electron chi connectivity index (χ4n) is 2.07. The molecule has 0 aliphatic heterocycles. The van der Waals surface area contributed by atoms with E-state index in [0.717, 1.165) is 19.3 Å². The SMILES string of the molecule is CC(C)CNC(=O)C(C)OC1CCCCC1N. The number of amides is 1. The molecule has 1 fully saturated rings. The smallest absolute Gasteiger partial charge is 0.248 e. The van der Waals surface area contributed by atoms with E-state index >= 15 is 0 Å². The number of nitrogens with two attached hydrogens (primary N) is 1. The average Bonchev–Trinajstić information content (AvgIpc) is 2.28. The first-order valence-electron chi connectivity index (χ1n) is 6.69. The second-order valence-electron chi connectivity index (χ2n) is 5.40. The van der Waals surface area contributed by atoms with Crippen LogP contribution in [0.25, 0.3) is 0 Å². The Balaban J connectivity index is 2.31. The summed E-state index contributed by atoms with van der Waals surface area (Å²) in [4.78, 5) is 11.8. The van der Waals surface area contributed by atoms with E-state index in [9.17, 15) is 4.79 Å². The van der Waals surface area contributed by atoms with E-state index in [0.29, 0.717) is 12.5 Å². The Morgan fingerprint density at radius 3 is 2.59 bits per heavy atom. The minimum absolute atomic E-state index is 0.0310. The van der Waals surface area contributed by atoms with Crippen molar-refractivity contribution in [3.8, 4) is 0 Å². The zero-order chi connectivity index (χ0) is 12.8. The Morgan fingerprint density at radius 1 is 1.35 bits per heavy atom. The molecule has 17 heavy (non-hydrogen) atoms. The lowest BCUT2D eigenvalue weighted by Crippen LogP contribution is -2.45. The summed E-state index contributed by atoms with van der Waals surface area (Å²) in [5.74, 6) is 0.430. The van der Waals surface area contributed by atoms with Gasteiger partial charge in [0.2, 0.25) is 5.91 Å². The first-order chi connectivity index (χ1) is 8.00. The molecule has 1 aliphatic rings. The summed E-state index contributed by atoms with van der Waals surface area (Å²) in [6.07, 6.45) is 3.95. The molecule has 1 amide bonds. The molecule has 4 nitrogen and oxygen atoms in total. The molecule has 0 aromatic heterocycles. The third-order valence-corrected chi connectivity index (χ3v) is 3.19. The van der Waals surface area contributed by atoms with Crippen LogP contribution in [0.5, 0.6) is 0 Å². The van der Waals surface area contributed by atoms with E-state index in [-0.39, 0.29) is 18.1 Å². The van der Waals surface area contributed by atoms with Crippen LogP contribution < -0.4 is 11.1 Å². The molecule has 3 N–H and O–H groups in total. The van der Waals surface area contributed by atoms with Gasteiger partial charge in [0.05, 0.1) is 6.10 Å². The lowest BCUT2D eigenvalue weighted by molar-refractivity contribution is -0.137. The first kappa shape index (κ1) is 14.5. The van der Waals surface area contributed by atoms with E-state index < -0.39 is 6.10 Å². The highest BCUT2D eigenvalue weighted by Crippen LogP contribution is 2.20. The van der Waals surface area contributed by atoms with Gasteiger partial charge >= 0.3 is 0 Å². The zero-order valence-electron chi connectivity index (χ0n) is 11.2. The molecule has 0 aromatic carbocycles. The molecule has 0 spiro atoms. The van der Waals surface area contributed by atoms with Gasteiger partial charge in [0, 0.05) is 12.6 Å². The van der Waals surface area contributed by atoms with Crippen molar-refractivity contribution >= 4 is 5.91 Å². The number of carbonyl (C=O) groups is 1. The van der Waals surface area contributed by atoms with Gasteiger partial charge in [0.1, 0.15) is 6.10 Å². The summed E-state index contributed by atoms with van der Waals surface area (Å²) in [7, 11) is 0. The molecule has 1 rings (SSSR count). The molecule has 1 saturated carbocycles. The highest BCUT2D eigenvalue weighted by Gasteiger charge is 2.26. The summed E-state index contributed by atoms with van der Waals surface area (Å²) in [5, 5.41) is 2.88. The van der Waals surface area contributed by atoms with Crippen molar-refractivity contribution in [2.45, 2.75) is 64.7 Å². The minimum atomic E-state index is -0.400. The summed E-state index contributed by atoms with van der Waals surface area (Å²) in [5.41, 5.74) is 5.99. The van der Waals surface area contributed by atoms with Crippen molar-refractivity contribution in [2.24, 2.45) is 11.7 Å². The highest BCUT2D eigenvalue weighted by atomic mass is 16.5. The standard InChI is InChI=1S/C13H26N2O2/c1-9(2)8-15-13(16)10(3)17-12-7-5-4-6-11(12)14/h9-12H,4-8,14H2,1-3H3,(H,15,16). The topological polar surface area (TPSA) is 64.3 Å². The van der Waals surface area contributed by atoms with Crippen LogP contribution in [0.15, 0.2) is 0 Å². The number of nitrogens with one attached hydrogen (secondary N) is 1. The predicted molar refractivity (Wildman–Crippen MR) is 68.6 cm³/mol. The van der Waals surface area contributed by atoms with E-state index in [2.05, 4.69) is 19.2 Å². The highest BCUT2D eigenvalue weighted by molar-refractivity contribution is 5.80. The van der Waals surface area contributed by atoms with Gasteiger partial charge in [-0.25, -0.2) is 0 Å². The van der Waals surface area contributed by atoms with Crippen LogP contribution in [0.4, 0.5) is 0 Å². The fourth-order valence-corrected chi connectivity index (χ4v) is 2.07. The molecule has 0 heterocycles. The Hall–Kier alpha value is -0.610. The van der Waals surface area contributed by atoms with E-state index in [1.165, 1.54) is 6.42 Å². The maximum absolute atomic E-state index is 11.8. The largest absolute Gasteiger partial charge is 0.364 e. The molecular weight excluding hydrogens is 216 g/mol. The monoisotopic (exact) mass is 242 g/mol. The van der Waals surface area contributed by atoms with Crippen molar-refractivity contribution < 1.29 is 9.53 Å². The summed E-state index contributed by atoms with van der Waals surface area (Å²) in [6.45, 7) is 6.64. The van der Waals surface area contributed by atoms with Gasteiger partial charge in [0.25, 0.3) is 0 Å². The molecule has 3 unspecified atom stereocenters. The Morgan fingerprint density at radius 2 is 2.00 bits per heavy atom. The first-order valence-corrected chi connectivity index (χ1v) is 6.69. The predicted octanol–water partition coefficient (Wildman–Crippen LogP) is 1.43. The molecule has 1 aliphatic carbocycles. The van der Waals surface area contributed by atoms with Gasteiger partial charge in [-0.1, -0.05) is 26.7 Å². The van der Waals surface area contributed by atoms with Crippen molar-refractivity contribution in [2.75, 3.05) is 6.54 Å². The molecule has 0 aromatic rings. The number of hydrogen-bond acceptors (Lipinski definition) is 3. The van der Waals surface area contributed by atoms with Gasteiger partial charge in [0.15, 0.2) is 0 Å². The van der Waals surface area contributed by atoms with Crippen LogP contribution in [0.1, 0.15) is 46.5 Å². The Kier molecular flexibility index (Phi) is 5.92. The summed E-state index contributed by atoms with van der Waals surface area (Å²) >= 11 is 0. The van der Waals surface area contributed by atoms with Crippen LogP contribution in [0, 0.1) is 5.92 Å². The Labute approximate surface area is 104 Å². The van der Waals surface area contributed by atoms with Gasteiger partial charge in [-0.15, -0.1) is 0 Å². The molecule has 0 bridgehead atoms. The summed E-state index contributed by atoms with van der Waals surface area (Å²) in [6, 6.07) is 0.0871. The fraction of sp³-hybridized carbons (Fsp3) is 0.923. The van der Waals surface area contributed by atoms with Crippen molar-refractivity contribution in [1.29, 1.82) is 0 Å². The lowest BCUT2D eigenvalue weighted by Gasteiger charge is -2.30. The molecule has 0 radical (unpaired) electrons. The van der Waals surface area contributed by atoms with E-state index in [1.54, 1.807) is 6.92 Å². The third kappa shape index (κ3) is 5.04. The van der Waals surface area contributed by atoms with Gasteiger partial charge < -0.3 is 15.8 Å². The van der Waals surface area contributed by atoms with Crippen LogP contribution >= 0.6 is 0 Å². The van der Waals surface area contributed by atoms with Gasteiger partial charge in [-0.2, -0.15) is 0 Å². The lowest BCUT2D eigenvalue weighted by atomic mass is 9.93. The van der Waals surface area contributed by atoms with E-state index in [4.69, 9.17) is 10.5 Å². The normalized spacial score (nSPS) is 26.9. The maximum atomic E-state index is 11.8. The van der Waals surface area contributed by atoms with Gasteiger partial charge in [-0.05, 0) is 25.7 Å². The van der Waals surface area contributed by atoms with Crippen LogP contribution in [-0.2, 0) is 9.53 Å². The average molecular weight is 242 g/mol. The zero-order valence-corrected chi connectivity index (χ0v) is 11.2. The van der Waals surface area contributed by atoms with Crippen LogP contribution in [0.2, 0.25) is 0 Å². The molecule has 3 atom stereocenters. The second-order valence-corrected chi connectivity index (χ2v) is 5.40. The van der Waals surface area contributed by atoms with Crippen molar-refractivity contribution in [1.82, 2.24) is 5.32 Å². The number of carbonyl (C=O) groups excluding carboxylic acids is 1. The van der Waals surface area contributed by atoms with Crippen LogP contribution in [0.3, 0.4) is 0 Å².